The minimum absolute atomic E-state index is 0.0215. The summed E-state index contributed by atoms with van der Waals surface area (Å²) in [6.45, 7) is 7.64. The summed E-state index contributed by atoms with van der Waals surface area (Å²) in [6.07, 6.45) is 0.305. The van der Waals surface area contributed by atoms with Gasteiger partial charge in [-0.05, 0) is 40.2 Å². The van der Waals surface area contributed by atoms with Crippen molar-refractivity contribution in [3.8, 4) is 17.2 Å². The first-order chi connectivity index (χ1) is 16.2. The molecular formula is C24H31N5O5. The molecule has 10 nitrogen and oxygen atoms in total. The molecule has 3 aromatic rings. The number of fused-ring (bicyclic) bond motifs is 2. The summed E-state index contributed by atoms with van der Waals surface area (Å²) in [6, 6.07) is 3.70. The second-order valence-electron chi connectivity index (χ2n) is 9.38. The number of hydrogen-bond acceptors (Lipinski definition) is 10. The molecule has 1 aliphatic heterocycles. The van der Waals surface area contributed by atoms with Crippen LogP contribution in [0.4, 0.5) is 11.8 Å². The molecule has 4 atom stereocenters. The van der Waals surface area contributed by atoms with Gasteiger partial charge in [0.25, 0.3) is 0 Å². The van der Waals surface area contributed by atoms with Crippen LogP contribution in [0.1, 0.15) is 31.7 Å². The van der Waals surface area contributed by atoms with Crippen LogP contribution < -0.4 is 15.4 Å². The highest BCUT2D eigenvalue weighted by Crippen LogP contribution is 2.44. The highest BCUT2D eigenvalue weighted by molar-refractivity contribution is 5.88. The molecule has 34 heavy (non-hydrogen) atoms. The SMILES string of the molecule is CNc1nc(C)c(-c2cc3cc(OC)nc(C)c3o2)c(N[C@@H]2C[C@H](CO)[C@H]3OC(C)(C)O[C@H]32)n1. The van der Waals surface area contributed by atoms with E-state index in [1.807, 2.05) is 39.8 Å². The number of hydrogen-bond donors (Lipinski definition) is 3. The third kappa shape index (κ3) is 3.85. The summed E-state index contributed by atoms with van der Waals surface area (Å²) < 4.78 is 23.9. The van der Waals surface area contributed by atoms with Crippen LogP contribution in [0.15, 0.2) is 16.5 Å². The van der Waals surface area contributed by atoms with Crippen LogP contribution in [0.2, 0.25) is 0 Å². The van der Waals surface area contributed by atoms with E-state index in [4.69, 9.17) is 23.6 Å². The van der Waals surface area contributed by atoms with Gasteiger partial charge < -0.3 is 34.4 Å². The predicted octanol–water partition coefficient (Wildman–Crippen LogP) is 3.26. The van der Waals surface area contributed by atoms with E-state index < -0.39 is 5.79 Å². The fourth-order valence-corrected chi connectivity index (χ4v) is 5.07. The van der Waals surface area contributed by atoms with E-state index in [-0.39, 0.29) is 30.8 Å². The summed E-state index contributed by atoms with van der Waals surface area (Å²) in [4.78, 5) is 13.7. The minimum atomic E-state index is -0.702. The summed E-state index contributed by atoms with van der Waals surface area (Å²) in [5.41, 5.74) is 2.95. The maximum absolute atomic E-state index is 9.95. The number of nitrogens with zero attached hydrogens (tertiary/aromatic N) is 3. The van der Waals surface area contributed by atoms with Gasteiger partial charge in [0.1, 0.15) is 17.7 Å². The highest BCUT2D eigenvalue weighted by Gasteiger charge is 2.54. The van der Waals surface area contributed by atoms with Crippen molar-refractivity contribution in [2.75, 3.05) is 31.4 Å². The molecule has 3 N–H and O–H groups in total. The van der Waals surface area contributed by atoms with Gasteiger partial charge in [-0.3, -0.25) is 0 Å². The molecule has 182 valence electrons. The lowest BCUT2D eigenvalue weighted by molar-refractivity contribution is -0.158. The van der Waals surface area contributed by atoms with Gasteiger partial charge >= 0.3 is 0 Å². The van der Waals surface area contributed by atoms with Gasteiger partial charge in [-0.25, -0.2) is 9.97 Å². The molecule has 0 unspecified atom stereocenters. The number of furan rings is 1. The van der Waals surface area contributed by atoms with Gasteiger partial charge in [-0.1, -0.05) is 0 Å². The Labute approximate surface area is 198 Å². The molecular weight excluding hydrogens is 438 g/mol. The Kier molecular flexibility index (Phi) is 5.62. The fraction of sp³-hybridized carbons (Fsp3) is 0.542. The minimum Gasteiger partial charge on any atom is -0.481 e. The number of aryl methyl sites for hydroxylation is 2. The first kappa shape index (κ1) is 22.8. The number of aliphatic hydroxyl groups is 1. The maximum Gasteiger partial charge on any atom is 0.224 e. The number of aliphatic hydroxyl groups excluding tert-OH is 1. The van der Waals surface area contributed by atoms with E-state index in [1.54, 1.807) is 14.2 Å². The van der Waals surface area contributed by atoms with Crippen LogP contribution in [0.5, 0.6) is 5.88 Å². The third-order valence-electron chi connectivity index (χ3n) is 6.55. The predicted molar refractivity (Wildman–Crippen MR) is 127 cm³/mol. The molecule has 5 rings (SSSR count). The second-order valence-corrected chi connectivity index (χ2v) is 9.38. The van der Waals surface area contributed by atoms with E-state index in [2.05, 4.69) is 20.6 Å². The average molecular weight is 470 g/mol. The standard InChI is InChI=1S/C24H31N5O5/c1-11-18(16-8-13-9-17(31-6)26-12(2)19(13)32-16)22(29-23(25-5)27-11)28-15-7-14(10-30)20-21(15)34-24(3,4)33-20/h8-9,14-15,20-21,30H,7,10H2,1-6H3,(H2,25,27,28,29)/t14-,15-,20-,21+/m1/s1. The number of anilines is 2. The van der Waals surface area contributed by atoms with Gasteiger partial charge in [0, 0.05) is 31.0 Å². The molecule has 2 aliphatic rings. The molecule has 3 aromatic heterocycles. The van der Waals surface area contributed by atoms with Crippen molar-refractivity contribution in [2.24, 2.45) is 5.92 Å². The van der Waals surface area contributed by atoms with Crippen molar-refractivity contribution in [2.45, 2.75) is 58.2 Å². The van der Waals surface area contributed by atoms with Crippen molar-refractivity contribution in [1.82, 2.24) is 15.0 Å². The van der Waals surface area contributed by atoms with E-state index in [9.17, 15) is 5.11 Å². The maximum atomic E-state index is 9.95. The molecule has 0 amide bonds. The van der Waals surface area contributed by atoms with Crippen LogP contribution in [-0.2, 0) is 9.47 Å². The number of aromatic nitrogens is 3. The van der Waals surface area contributed by atoms with Crippen LogP contribution in [0.3, 0.4) is 0 Å². The summed E-state index contributed by atoms with van der Waals surface area (Å²) in [5, 5.41) is 17.4. The van der Waals surface area contributed by atoms with E-state index in [0.717, 1.165) is 22.3 Å². The van der Waals surface area contributed by atoms with E-state index in [0.29, 0.717) is 35.4 Å². The Hall–Kier alpha value is -2.95. The van der Waals surface area contributed by atoms with Gasteiger partial charge in [0.05, 0.1) is 36.2 Å². The molecule has 1 saturated carbocycles. The zero-order chi connectivity index (χ0) is 24.2. The van der Waals surface area contributed by atoms with Gasteiger partial charge in [0.15, 0.2) is 11.4 Å². The number of ether oxygens (including phenoxy) is 3. The zero-order valence-corrected chi connectivity index (χ0v) is 20.3. The number of rotatable bonds is 6. The second kappa shape index (κ2) is 8.37. The molecule has 1 saturated heterocycles. The van der Waals surface area contributed by atoms with Crippen molar-refractivity contribution in [3.63, 3.8) is 0 Å². The van der Waals surface area contributed by atoms with Gasteiger partial charge in [0.2, 0.25) is 11.8 Å². The quantitative estimate of drug-likeness (QED) is 0.495. The lowest BCUT2D eigenvalue weighted by atomic mass is 10.1. The largest absolute Gasteiger partial charge is 0.481 e. The Bertz CT molecular complexity index is 1230. The average Bonchev–Trinajstić information content (AvgIpc) is 3.44. The molecule has 0 bridgehead atoms. The topological polar surface area (TPSA) is 124 Å². The zero-order valence-electron chi connectivity index (χ0n) is 20.3. The van der Waals surface area contributed by atoms with Crippen LogP contribution in [0.25, 0.3) is 22.3 Å². The smallest absolute Gasteiger partial charge is 0.224 e. The molecule has 0 spiro atoms. The summed E-state index contributed by atoms with van der Waals surface area (Å²) in [7, 11) is 3.38. The van der Waals surface area contributed by atoms with E-state index >= 15 is 0 Å². The highest BCUT2D eigenvalue weighted by atomic mass is 16.8. The summed E-state index contributed by atoms with van der Waals surface area (Å²) in [5.74, 6) is 1.56. The monoisotopic (exact) mass is 469 g/mol. The van der Waals surface area contributed by atoms with Crippen molar-refractivity contribution in [1.29, 1.82) is 0 Å². The Morgan fingerprint density at radius 3 is 2.59 bits per heavy atom. The number of nitrogens with one attached hydrogen (secondary N) is 2. The normalized spacial score (nSPS) is 25.5. The Morgan fingerprint density at radius 2 is 1.88 bits per heavy atom. The molecule has 0 radical (unpaired) electrons. The third-order valence-corrected chi connectivity index (χ3v) is 6.55. The van der Waals surface area contributed by atoms with Crippen molar-refractivity contribution < 1.29 is 23.7 Å². The molecule has 0 aromatic carbocycles. The lowest BCUT2D eigenvalue weighted by Gasteiger charge is -2.24. The van der Waals surface area contributed by atoms with Gasteiger partial charge in [-0.2, -0.15) is 4.98 Å². The molecule has 10 heteroatoms. The van der Waals surface area contributed by atoms with Gasteiger partial charge in [-0.15, -0.1) is 0 Å². The van der Waals surface area contributed by atoms with Crippen LogP contribution in [-0.4, -0.2) is 64.9 Å². The Balaban J connectivity index is 1.57. The van der Waals surface area contributed by atoms with E-state index in [1.165, 1.54) is 0 Å². The number of pyridine rings is 1. The van der Waals surface area contributed by atoms with Crippen LogP contribution >= 0.6 is 0 Å². The molecule has 1 aliphatic carbocycles. The fourth-order valence-electron chi connectivity index (χ4n) is 5.07. The van der Waals surface area contributed by atoms with Crippen LogP contribution in [0, 0.1) is 19.8 Å². The Morgan fingerprint density at radius 1 is 1.12 bits per heavy atom. The summed E-state index contributed by atoms with van der Waals surface area (Å²) >= 11 is 0. The number of methoxy groups -OCH3 is 1. The molecule has 4 heterocycles. The van der Waals surface area contributed by atoms with Crippen molar-refractivity contribution >= 4 is 22.7 Å². The first-order valence-corrected chi connectivity index (χ1v) is 11.5. The van der Waals surface area contributed by atoms with Crippen molar-refractivity contribution in [3.05, 3.63) is 23.5 Å². The lowest BCUT2D eigenvalue weighted by Crippen LogP contribution is -2.35. The first-order valence-electron chi connectivity index (χ1n) is 11.5. The molecule has 2 fully saturated rings.